The van der Waals surface area contributed by atoms with Crippen LogP contribution in [0.3, 0.4) is 0 Å². The molecule has 3 aliphatic rings. The van der Waals surface area contributed by atoms with Crippen molar-refractivity contribution in [2.45, 2.75) is 69.2 Å². The van der Waals surface area contributed by atoms with Crippen LogP contribution in [-0.4, -0.2) is 0 Å². The summed E-state index contributed by atoms with van der Waals surface area (Å²) in [5.74, 6) is 0.408. The highest BCUT2D eigenvalue weighted by Gasteiger charge is 2.43. The van der Waals surface area contributed by atoms with Crippen LogP contribution in [0.15, 0.2) is 68.4 Å². The van der Waals surface area contributed by atoms with E-state index >= 15 is 0 Å². The Morgan fingerprint density at radius 3 is 1.64 bits per heavy atom. The van der Waals surface area contributed by atoms with E-state index in [1.807, 2.05) is 0 Å². The van der Waals surface area contributed by atoms with Crippen molar-refractivity contribution in [3.63, 3.8) is 0 Å². The van der Waals surface area contributed by atoms with E-state index in [0.29, 0.717) is 5.92 Å². The lowest BCUT2D eigenvalue weighted by molar-refractivity contribution is 0.496. The maximum atomic E-state index is 2.42. The number of hydrogen-bond acceptors (Lipinski definition) is 0. The molecule has 0 nitrogen and oxygen atoms in total. The maximum absolute atomic E-state index is 2.42. The highest BCUT2D eigenvalue weighted by molar-refractivity contribution is 5.64. The van der Waals surface area contributed by atoms with Gasteiger partial charge in [-0.25, -0.2) is 0 Å². The molecule has 0 bridgehead atoms. The first kappa shape index (κ1) is 18.2. The third-order valence-electron chi connectivity index (χ3n) is 7.72. The van der Waals surface area contributed by atoms with Crippen LogP contribution in [0, 0.1) is 16.7 Å². The second-order valence-corrected chi connectivity index (χ2v) is 9.27. The Kier molecular flexibility index (Phi) is 3.99. The molecule has 0 heterocycles. The average molecular weight is 335 g/mol. The van der Waals surface area contributed by atoms with E-state index in [1.54, 1.807) is 11.1 Å². The van der Waals surface area contributed by atoms with Crippen molar-refractivity contribution in [3.8, 4) is 0 Å². The molecule has 3 aliphatic carbocycles. The largest absolute Gasteiger partial charge is 0.0729 e. The minimum Gasteiger partial charge on any atom is -0.0729 e. The SMILES string of the molecule is CC1=C(C)C(C)(C)C(C2=CC=CC2C2=C(C)C(C)=C(C)C2(C)C)=C1C. The first-order valence-electron chi connectivity index (χ1n) is 9.62. The Morgan fingerprint density at radius 1 is 0.680 bits per heavy atom. The molecule has 0 heteroatoms. The fourth-order valence-corrected chi connectivity index (χ4v) is 5.38. The van der Waals surface area contributed by atoms with Crippen LogP contribution in [-0.2, 0) is 0 Å². The van der Waals surface area contributed by atoms with Crippen molar-refractivity contribution in [2.75, 3.05) is 0 Å². The van der Waals surface area contributed by atoms with Crippen molar-refractivity contribution in [3.05, 3.63) is 68.4 Å². The fraction of sp³-hybridized carbons (Fsp3) is 0.520. The lowest BCUT2D eigenvalue weighted by Gasteiger charge is -2.35. The summed E-state index contributed by atoms with van der Waals surface area (Å²) >= 11 is 0. The van der Waals surface area contributed by atoms with Gasteiger partial charge in [-0.15, -0.1) is 0 Å². The molecule has 0 saturated carbocycles. The average Bonchev–Trinajstić information content (AvgIpc) is 3.08. The Balaban J connectivity index is 2.12. The van der Waals surface area contributed by atoms with E-state index in [9.17, 15) is 0 Å². The minimum absolute atomic E-state index is 0.124. The molecule has 0 aromatic heterocycles. The van der Waals surface area contributed by atoms with Crippen LogP contribution in [0.1, 0.15) is 69.2 Å². The molecular weight excluding hydrogens is 300 g/mol. The molecule has 0 aromatic rings. The van der Waals surface area contributed by atoms with Crippen molar-refractivity contribution in [1.82, 2.24) is 0 Å². The summed E-state index contributed by atoms with van der Waals surface area (Å²) in [5, 5.41) is 0. The Morgan fingerprint density at radius 2 is 1.20 bits per heavy atom. The van der Waals surface area contributed by atoms with E-state index in [-0.39, 0.29) is 10.8 Å². The summed E-state index contributed by atoms with van der Waals surface area (Å²) < 4.78 is 0. The third kappa shape index (κ3) is 2.26. The lowest BCUT2D eigenvalue weighted by atomic mass is 9.68. The van der Waals surface area contributed by atoms with E-state index in [1.165, 1.54) is 39.0 Å². The summed E-state index contributed by atoms with van der Waals surface area (Å²) in [6.45, 7) is 23.4. The standard InChI is InChI=1S/C25H34/c1-14-16(3)22(24(7,8)18(14)5)20-12-11-13-21(20)23-17(4)15(2)19(6)25(23,9)10/h11-13,20H,1-10H3. The van der Waals surface area contributed by atoms with Gasteiger partial charge in [0.25, 0.3) is 0 Å². The molecule has 0 radical (unpaired) electrons. The molecule has 3 rings (SSSR count). The molecule has 0 saturated heterocycles. The summed E-state index contributed by atoms with van der Waals surface area (Å²) in [4.78, 5) is 0. The topological polar surface area (TPSA) is 0 Å². The molecule has 1 unspecified atom stereocenters. The Labute approximate surface area is 154 Å². The van der Waals surface area contributed by atoms with E-state index in [4.69, 9.17) is 0 Å². The first-order chi connectivity index (χ1) is 11.4. The monoisotopic (exact) mass is 334 g/mol. The molecule has 0 aromatic carbocycles. The summed E-state index contributed by atoms with van der Waals surface area (Å²) in [6.07, 6.45) is 7.07. The molecule has 0 N–H and O–H groups in total. The van der Waals surface area contributed by atoms with Crippen LogP contribution in [0.4, 0.5) is 0 Å². The smallest absolute Gasteiger partial charge is 0.0249 e. The van der Waals surface area contributed by atoms with Crippen LogP contribution in [0.5, 0.6) is 0 Å². The predicted molar refractivity (Wildman–Crippen MR) is 110 cm³/mol. The molecule has 134 valence electrons. The number of rotatable bonds is 2. The fourth-order valence-electron chi connectivity index (χ4n) is 5.38. The zero-order chi connectivity index (χ0) is 18.9. The summed E-state index contributed by atoms with van der Waals surface area (Å²) in [6, 6.07) is 0. The normalized spacial score (nSPS) is 28.1. The molecule has 0 amide bonds. The van der Waals surface area contributed by atoms with Gasteiger partial charge in [-0.3, -0.25) is 0 Å². The first-order valence-corrected chi connectivity index (χ1v) is 9.62. The zero-order valence-corrected chi connectivity index (χ0v) is 17.8. The quantitative estimate of drug-likeness (QED) is 0.491. The maximum Gasteiger partial charge on any atom is 0.0249 e. The number of allylic oxidation sites excluding steroid dienone is 12. The molecule has 1 atom stereocenters. The molecular formula is C25H34. The predicted octanol–water partition coefficient (Wildman–Crippen LogP) is 7.48. The van der Waals surface area contributed by atoms with Gasteiger partial charge in [-0.2, -0.15) is 0 Å². The van der Waals surface area contributed by atoms with Gasteiger partial charge in [0.2, 0.25) is 0 Å². The molecule has 0 fully saturated rings. The van der Waals surface area contributed by atoms with Gasteiger partial charge < -0.3 is 0 Å². The van der Waals surface area contributed by atoms with Gasteiger partial charge in [0, 0.05) is 16.7 Å². The Bertz CT molecular complexity index is 838. The van der Waals surface area contributed by atoms with Gasteiger partial charge >= 0.3 is 0 Å². The second-order valence-electron chi connectivity index (χ2n) is 9.27. The van der Waals surface area contributed by atoms with Gasteiger partial charge in [0.05, 0.1) is 0 Å². The van der Waals surface area contributed by atoms with Crippen molar-refractivity contribution < 1.29 is 0 Å². The van der Waals surface area contributed by atoms with Gasteiger partial charge in [0.1, 0.15) is 0 Å². The summed E-state index contributed by atoms with van der Waals surface area (Å²) in [5.41, 5.74) is 13.9. The van der Waals surface area contributed by atoms with E-state index in [2.05, 4.69) is 87.5 Å². The highest BCUT2D eigenvalue weighted by atomic mass is 14.5. The van der Waals surface area contributed by atoms with Crippen LogP contribution in [0.25, 0.3) is 0 Å². The van der Waals surface area contributed by atoms with E-state index in [0.717, 1.165) is 0 Å². The zero-order valence-electron chi connectivity index (χ0n) is 17.8. The minimum atomic E-state index is 0.124. The summed E-state index contributed by atoms with van der Waals surface area (Å²) in [7, 11) is 0. The van der Waals surface area contributed by atoms with Gasteiger partial charge in [0.15, 0.2) is 0 Å². The lowest BCUT2D eigenvalue weighted by Crippen LogP contribution is -2.24. The van der Waals surface area contributed by atoms with Crippen molar-refractivity contribution >= 4 is 0 Å². The molecule has 0 aliphatic heterocycles. The molecule has 25 heavy (non-hydrogen) atoms. The molecule has 0 spiro atoms. The Hall–Kier alpha value is -1.56. The highest BCUT2D eigenvalue weighted by Crippen LogP contribution is 2.57. The number of hydrogen-bond donors (Lipinski definition) is 0. The second kappa shape index (κ2) is 5.47. The van der Waals surface area contributed by atoms with Gasteiger partial charge in [-0.1, -0.05) is 57.1 Å². The van der Waals surface area contributed by atoms with Crippen molar-refractivity contribution in [1.29, 1.82) is 0 Å². The van der Waals surface area contributed by atoms with Crippen LogP contribution < -0.4 is 0 Å². The van der Waals surface area contributed by atoms with Crippen LogP contribution in [0.2, 0.25) is 0 Å². The van der Waals surface area contributed by atoms with Crippen molar-refractivity contribution in [2.24, 2.45) is 16.7 Å². The third-order valence-corrected chi connectivity index (χ3v) is 7.72. The van der Waals surface area contributed by atoms with Crippen LogP contribution >= 0.6 is 0 Å². The van der Waals surface area contributed by atoms with Gasteiger partial charge in [-0.05, 0) is 80.6 Å². The van der Waals surface area contributed by atoms with E-state index < -0.39 is 0 Å².